The Balaban J connectivity index is 3.02. The molecule has 0 aliphatic heterocycles. The number of hydrogen-bond donors (Lipinski definition) is 0. The van der Waals surface area contributed by atoms with E-state index in [4.69, 9.17) is 18.0 Å². The second-order valence-corrected chi connectivity index (χ2v) is 15.7. The van der Waals surface area contributed by atoms with Gasteiger partial charge in [-0.15, -0.1) is 12.2 Å². The molecule has 0 saturated carbocycles. The first-order chi connectivity index (χ1) is 26.1. The Bertz CT molecular complexity index is 1920. The van der Waals surface area contributed by atoms with Crippen LogP contribution >= 0.6 is 0 Å². The third kappa shape index (κ3) is 12.8. The Labute approximate surface area is 338 Å². The predicted molar refractivity (Wildman–Crippen MR) is 247 cm³/mol. The normalized spacial score (nSPS) is 14.6. The van der Waals surface area contributed by atoms with Gasteiger partial charge >= 0.3 is 0 Å². The molecule has 55 heavy (non-hydrogen) atoms. The fourth-order valence-electron chi connectivity index (χ4n) is 8.16. The van der Waals surface area contributed by atoms with Gasteiger partial charge in [-0.05, 0) is 195 Å². The Hall–Kier alpha value is -4.37. The third-order valence-corrected chi connectivity index (χ3v) is 11.6. The highest BCUT2D eigenvalue weighted by Crippen LogP contribution is 2.44. The Morgan fingerprint density at radius 3 is 1.96 bits per heavy atom. The van der Waals surface area contributed by atoms with Crippen molar-refractivity contribution < 1.29 is 0 Å². The molecule has 0 saturated heterocycles. The van der Waals surface area contributed by atoms with Crippen LogP contribution in [-0.4, -0.2) is 6.21 Å². The number of nitrogens with zero attached hydrogens (tertiary/aromatic N) is 1. The Morgan fingerprint density at radius 2 is 1.44 bits per heavy atom. The zero-order chi connectivity index (χ0) is 41.4. The minimum atomic E-state index is -0.141. The number of aryl methyl sites for hydroxylation is 3. The summed E-state index contributed by atoms with van der Waals surface area (Å²) in [5, 5.41) is 0. The van der Waals surface area contributed by atoms with Crippen LogP contribution in [0.1, 0.15) is 143 Å². The first-order valence-corrected chi connectivity index (χ1v) is 20.7. The summed E-state index contributed by atoms with van der Waals surface area (Å²) in [5.74, 6) is 3.77. The molecule has 0 N–H and O–H groups in total. The summed E-state index contributed by atoms with van der Waals surface area (Å²) < 4.78 is 0. The average Bonchev–Trinajstić information content (AvgIpc) is 3.15. The molecule has 2 rings (SSSR count). The molecule has 0 bridgehead atoms. The van der Waals surface area contributed by atoms with Crippen LogP contribution in [0.3, 0.4) is 0 Å². The van der Waals surface area contributed by atoms with Gasteiger partial charge in [-0.1, -0.05) is 105 Å². The van der Waals surface area contributed by atoms with Crippen LogP contribution in [0.25, 0.3) is 5.57 Å². The summed E-state index contributed by atoms with van der Waals surface area (Å²) in [6.45, 7) is 40.3. The number of allylic oxidation sites excluding steroid dienone is 11. The van der Waals surface area contributed by atoms with Crippen molar-refractivity contribution in [1.82, 2.24) is 0 Å². The van der Waals surface area contributed by atoms with E-state index in [0.717, 1.165) is 72.9 Å². The zero-order valence-corrected chi connectivity index (χ0v) is 37.3. The molecule has 1 nitrogen and oxygen atoms in total. The molecule has 0 aromatic heterocycles. The van der Waals surface area contributed by atoms with E-state index >= 15 is 0 Å². The maximum Gasteiger partial charge on any atom is 0.0449 e. The molecule has 0 aliphatic rings. The molecule has 2 atom stereocenters. The quantitative estimate of drug-likeness (QED) is 0.0448. The van der Waals surface area contributed by atoms with Crippen LogP contribution < -0.4 is 0 Å². The molecule has 0 fully saturated rings. The highest BCUT2D eigenvalue weighted by molar-refractivity contribution is 5.80. The summed E-state index contributed by atoms with van der Waals surface area (Å²) in [6, 6.07) is 15.8. The molecule has 2 unspecified atom stereocenters. The molecular weight excluding hydrogens is 663 g/mol. The van der Waals surface area contributed by atoms with Crippen LogP contribution in [0.4, 0.5) is 0 Å². The topological polar surface area (TPSA) is 12.4 Å². The fraction of sp³-hybridized carbons (Fsp3) is 0.444. The molecule has 0 heterocycles. The van der Waals surface area contributed by atoms with Crippen molar-refractivity contribution in [3.05, 3.63) is 151 Å². The smallest absolute Gasteiger partial charge is 0.0449 e. The Morgan fingerprint density at radius 1 is 0.818 bits per heavy atom. The summed E-state index contributed by atoms with van der Waals surface area (Å²) in [5.41, 5.74) is 23.1. The summed E-state index contributed by atoms with van der Waals surface area (Å²) in [4.78, 5) is 4.99. The Kier molecular flexibility index (Phi) is 19.5. The number of aliphatic imine (C=N–C) groups is 1. The van der Waals surface area contributed by atoms with E-state index in [1.165, 1.54) is 61.3 Å². The van der Waals surface area contributed by atoms with Crippen molar-refractivity contribution in [3.63, 3.8) is 0 Å². The van der Waals surface area contributed by atoms with Gasteiger partial charge in [-0.2, -0.15) is 0 Å². The number of hydrogen-bond acceptors (Lipinski definition) is 1. The van der Waals surface area contributed by atoms with Crippen molar-refractivity contribution in [3.8, 4) is 12.3 Å². The lowest BCUT2D eigenvalue weighted by molar-refractivity contribution is 0.551. The van der Waals surface area contributed by atoms with Gasteiger partial charge in [-0.25, -0.2) is 0 Å². The SMILES string of the molecule is C#CC(C)C(=C(C)\C(C)=C(/CC)C(CC)CC)/C(C(/C(=C)CC(Cc1cc(C)ccc1CCC(C)=C=CC)C(=C)C)=C(\C)N=CC)=C(/C)c1ccc(C)cc1. The monoisotopic (exact) mass is 736 g/mol. The van der Waals surface area contributed by atoms with Gasteiger partial charge < -0.3 is 0 Å². The number of benzene rings is 2. The van der Waals surface area contributed by atoms with Gasteiger partial charge in [0.25, 0.3) is 0 Å². The lowest BCUT2D eigenvalue weighted by atomic mass is 9.75. The first kappa shape index (κ1) is 46.8. The second kappa shape index (κ2) is 22.9. The summed E-state index contributed by atoms with van der Waals surface area (Å²) >= 11 is 0. The molecule has 0 radical (unpaired) electrons. The van der Waals surface area contributed by atoms with Crippen molar-refractivity contribution in [2.75, 3.05) is 0 Å². The molecule has 0 aliphatic carbocycles. The van der Waals surface area contributed by atoms with Gasteiger partial charge in [0.2, 0.25) is 0 Å². The van der Waals surface area contributed by atoms with Crippen LogP contribution in [-0.2, 0) is 12.8 Å². The van der Waals surface area contributed by atoms with Crippen LogP contribution in [0.15, 0.2) is 128 Å². The molecular formula is C54H73N. The molecule has 2 aromatic rings. The van der Waals surface area contributed by atoms with Gasteiger partial charge in [0.05, 0.1) is 0 Å². The summed E-state index contributed by atoms with van der Waals surface area (Å²) in [6.07, 6.45) is 17.2. The van der Waals surface area contributed by atoms with Crippen LogP contribution in [0.5, 0.6) is 0 Å². The highest BCUT2D eigenvalue weighted by Gasteiger charge is 2.28. The second-order valence-electron chi connectivity index (χ2n) is 15.7. The molecule has 0 spiro atoms. The highest BCUT2D eigenvalue weighted by atomic mass is 14.7. The minimum absolute atomic E-state index is 0.141. The fourth-order valence-corrected chi connectivity index (χ4v) is 8.16. The third-order valence-electron chi connectivity index (χ3n) is 11.6. The summed E-state index contributed by atoms with van der Waals surface area (Å²) in [7, 11) is 0. The van der Waals surface area contributed by atoms with E-state index in [0.29, 0.717) is 5.92 Å². The van der Waals surface area contributed by atoms with Crippen LogP contribution in [0.2, 0.25) is 0 Å². The predicted octanol–water partition coefficient (Wildman–Crippen LogP) is 15.6. The molecule has 1 heteroatoms. The van der Waals surface area contributed by atoms with Gasteiger partial charge in [-0.3, -0.25) is 4.99 Å². The van der Waals surface area contributed by atoms with E-state index in [2.05, 4.69) is 144 Å². The van der Waals surface area contributed by atoms with Crippen LogP contribution in [0, 0.1) is 43.9 Å². The lowest BCUT2D eigenvalue weighted by Gasteiger charge is -2.29. The number of rotatable bonds is 19. The largest absolute Gasteiger partial charge is 0.266 e. The average molecular weight is 736 g/mol. The minimum Gasteiger partial charge on any atom is -0.266 e. The standard InChI is InChI=1S/C54H73N/c1-18-24-37(9)27-31-48-32-28-39(11)33-50(48)35-49(36(7)8)34-41(13)53(45(17)55-23-6)54(44(16)47-29-25-38(10)26-30-47)52(40(12)19-2)43(15)42(14)51(22-5)46(20-3)21-4/h2,18,23,25-26,28-30,32-33,40,46,49H,7,13,20-22,27,31,34-35H2,1,3-6,8-12,14-17H3/b51-42+,52-43+,53-45+,54-44+,55-23?. The van der Waals surface area contributed by atoms with E-state index in [1.807, 2.05) is 26.1 Å². The van der Waals surface area contributed by atoms with Crippen molar-refractivity contribution in [2.24, 2.45) is 22.7 Å². The van der Waals surface area contributed by atoms with Crippen molar-refractivity contribution in [2.45, 2.75) is 142 Å². The van der Waals surface area contributed by atoms with E-state index < -0.39 is 0 Å². The lowest BCUT2D eigenvalue weighted by Crippen LogP contribution is -2.15. The zero-order valence-electron chi connectivity index (χ0n) is 37.3. The van der Waals surface area contributed by atoms with E-state index in [-0.39, 0.29) is 11.8 Å². The molecule has 294 valence electrons. The van der Waals surface area contributed by atoms with E-state index in [9.17, 15) is 0 Å². The van der Waals surface area contributed by atoms with Crippen molar-refractivity contribution >= 4 is 11.8 Å². The number of terminal acetylenes is 1. The van der Waals surface area contributed by atoms with Crippen molar-refractivity contribution in [1.29, 1.82) is 0 Å². The molecule has 2 aromatic carbocycles. The first-order valence-electron chi connectivity index (χ1n) is 20.7. The maximum atomic E-state index is 6.42. The van der Waals surface area contributed by atoms with E-state index in [1.54, 1.807) is 0 Å². The van der Waals surface area contributed by atoms with Gasteiger partial charge in [0.1, 0.15) is 0 Å². The maximum absolute atomic E-state index is 6.42. The van der Waals surface area contributed by atoms with Gasteiger partial charge in [0, 0.05) is 23.4 Å². The van der Waals surface area contributed by atoms with Gasteiger partial charge in [0.15, 0.2) is 0 Å². The molecule has 0 amide bonds.